The molecule has 6 heteroatoms. The average molecular weight is 419 g/mol. The van der Waals surface area contributed by atoms with Crippen LogP contribution in [-0.2, 0) is 0 Å². The maximum absolute atomic E-state index is 9.81. The third-order valence-corrected chi connectivity index (χ3v) is 7.10. The maximum atomic E-state index is 9.81. The predicted octanol–water partition coefficient (Wildman–Crippen LogP) is 3.14. The first-order valence-corrected chi connectivity index (χ1v) is 11.2. The first-order valence-electron chi connectivity index (χ1n) is 11.2. The molecule has 2 N–H and O–H groups in total. The van der Waals surface area contributed by atoms with Crippen molar-refractivity contribution in [2.24, 2.45) is 0 Å². The highest BCUT2D eigenvalue weighted by Crippen LogP contribution is 2.35. The van der Waals surface area contributed by atoms with Gasteiger partial charge in [0, 0.05) is 69.4 Å². The molecular formula is C25H34N6. The fourth-order valence-electron chi connectivity index (χ4n) is 4.92. The molecule has 31 heavy (non-hydrogen) atoms. The number of nitriles is 1. The molecule has 2 aliphatic rings. The van der Waals surface area contributed by atoms with Crippen LogP contribution in [0.3, 0.4) is 0 Å². The van der Waals surface area contributed by atoms with Gasteiger partial charge in [-0.15, -0.1) is 0 Å². The Kier molecular flexibility index (Phi) is 5.97. The average Bonchev–Trinajstić information content (AvgIpc) is 2.78. The number of nitrogens with zero attached hydrogens (tertiary/aromatic N) is 5. The molecule has 2 aliphatic heterocycles. The van der Waals surface area contributed by atoms with E-state index in [-0.39, 0.29) is 0 Å². The lowest BCUT2D eigenvalue weighted by atomic mass is 10.0. The third kappa shape index (κ3) is 4.03. The number of nitrogens with two attached hydrogens (primary N) is 1. The number of hydrogen-bond acceptors (Lipinski definition) is 6. The number of likely N-dealkylation sites (N-methyl/N-ethyl adjacent to an activating group) is 1. The SMILES string of the molecule is Cc1c(N)ccc(N2CCN(c3c(C#N)ccc(N4CCN(C)CC4)c3C)CC2)c1C. The molecule has 0 aromatic heterocycles. The number of nitrogen functional groups attached to an aromatic ring is 1. The van der Waals surface area contributed by atoms with Crippen LogP contribution in [0.4, 0.5) is 22.7 Å². The Hall–Kier alpha value is -2.91. The smallest absolute Gasteiger partial charge is 0.101 e. The quantitative estimate of drug-likeness (QED) is 0.773. The van der Waals surface area contributed by atoms with Crippen LogP contribution < -0.4 is 20.4 Å². The summed E-state index contributed by atoms with van der Waals surface area (Å²) < 4.78 is 0. The van der Waals surface area contributed by atoms with E-state index in [2.05, 4.69) is 65.6 Å². The summed E-state index contributed by atoms with van der Waals surface area (Å²) in [5, 5.41) is 9.81. The van der Waals surface area contributed by atoms with Crippen molar-refractivity contribution in [2.45, 2.75) is 20.8 Å². The van der Waals surface area contributed by atoms with E-state index in [0.717, 1.165) is 69.3 Å². The Balaban J connectivity index is 1.56. The fourth-order valence-corrected chi connectivity index (χ4v) is 4.92. The molecule has 0 atom stereocenters. The predicted molar refractivity (Wildman–Crippen MR) is 130 cm³/mol. The molecule has 2 fully saturated rings. The second-order valence-corrected chi connectivity index (χ2v) is 8.91. The number of benzene rings is 2. The van der Waals surface area contributed by atoms with E-state index in [1.807, 2.05) is 12.1 Å². The van der Waals surface area contributed by atoms with E-state index in [9.17, 15) is 5.26 Å². The molecule has 0 aliphatic carbocycles. The zero-order valence-electron chi connectivity index (χ0n) is 19.3. The van der Waals surface area contributed by atoms with Crippen molar-refractivity contribution < 1.29 is 0 Å². The van der Waals surface area contributed by atoms with Gasteiger partial charge in [0.15, 0.2) is 0 Å². The van der Waals surface area contributed by atoms with Gasteiger partial charge in [0.25, 0.3) is 0 Å². The molecule has 0 amide bonds. The van der Waals surface area contributed by atoms with E-state index < -0.39 is 0 Å². The van der Waals surface area contributed by atoms with Crippen molar-refractivity contribution in [2.75, 3.05) is 79.8 Å². The summed E-state index contributed by atoms with van der Waals surface area (Å²) in [6.07, 6.45) is 0. The summed E-state index contributed by atoms with van der Waals surface area (Å²) in [4.78, 5) is 9.70. The number of anilines is 4. The number of hydrogen-bond donors (Lipinski definition) is 1. The van der Waals surface area contributed by atoms with Crippen LogP contribution in [0.25, 0.3) is 0 Å². The van der Waals surface area contributed by atoms with E-state index in [4.69, 9.17) is 5.73 Å². The van der Waals surface area contributed by atoms with Crippen molar-refractivity contribution in [3.05, 3.63) is 46.5 Å². The second kappa shape index (κ2) is 8.68. The van der Waals surface area contributed by atoms with Crippen LogP contribution in [0.2, 0.25) is 0 Å². The lowest BCUT2D eigenvalue weighted by molar-refractivity contribution is 0.312. The first-order chi connectivity index (χ1) is 14.9. The Morgan fingerprint density at radius 1 is 0.710 bits per heavy atom. The highest BCUT2D eigenvalue weighted by Gasteiger charge is 2.25. The molecule has 4 rings (SSSR count). The summed E-state index contributed by atoms with van der Waals surface area (Å²) in [7, 11) is 2.18. The van der Waals surface area contributed by atoms with Gasteiger partial charge in [-0.3, -0.25) is 0 Å². The molecule has 2 heterocycles. The number of piperazine rings is 2. The summed E-state index contributed by atoms with van der Waals surface area (Å²) >= 11 is 0. The van der Waals surface area contributed by atoms with Crippen molar-refractivity contribution >= 4 is 22.7 Å². The van der Waals surface area contributed by atoms with Crippen molar-refractivity contribution in [1.82, 2.24) is 4.90 Å². The van der Waals surface area contributed by atoms with Crippen molar-refractivity contribution in [3.63, 3.8) is 0 Å². The highest BCUT2D eigenvalue weighted by molar-refractivity contribution is 5.74. The van der Waals surface area contributed by atoms with Crippen molar-refractivity contribution in [3.8, 4) is 6.07 Å². The normalized spacial score (nSPS) is 17.7. The minimum Gasteiger partial charge on any atom is -0.399 e. The number of rotatable bonds is 3. The summed E-state index contributed by atoms with van der Waals surface area (Å²) in [5.41, 5.74) is 15.0. The minimum atomic E-state index is 0.781. The van der Waals surface area contributed by atoms with Gasteiger partial charge >= 0.3 is 0 Å². The summed E-state index contributed by atoms with van der Waals surface area (Å²) in [5.74, 6) is 0. The van der Waals surface area contributed by atoms with Gasteiger partial charge in [0.1, 0.15) is 6.07 Å². The van der Waals surface area contributed by atoms with Crippen LogP contribution in [0.5, 0.6) is 0 Å². The van der Waals surface area contributed by atoms with Crippen LogP contribution in [-0.4, -0.2) is 64.3 Å². The van der Waals surface area contributed by atoms with Gasteiger partial charge in [-0.05, 0) is 68.8 Å². The van der Waals surface area contributed by atoms with Gasteiger partial charge in [-0.1, -0.05) is 0 Å². The molecule has 2 saturated heterocycles. The molecule has 2 aromatic rings. The van der Waals surface area contributed by atoms with E-state index in [1.54, 1.807) is 0 Å². The molecule has 0 radical (unpaired) electrons. The van der Waals surface area contributed by atoms with Gasteiger partial charge in [0.2, 0.25) is 0 Å². The van der Waals surface area contributed by atoms with Gasteiger partial charge < -0.3 is 25.3 Å². The summed E-state index contributed by atoms with van der Waals surface area (Å²) in [6.45, 7) is 14.3. The molecule has 2 aromatic carbocycles. The van der Waals surface area contributed by atoms with Gasteiger partial charge in [-0.25, -0.2) is 0 Å². The lowest BCUT2D eigenvalue weighted by Crippen LogP contribution is -2.47. The van der Waals surface area contributed by atoms with E-state index >= 15 is 0 Å². The topological polar surface area (TPSA) is 62.8 Å². The first kappa shape index (κ1) is 21.3. The molecular weight excluding hydrogens is 384 g/mol. The van der Waals surface area contributed by atoms with Crippen LogP contribution in [0, 0.1) is 32.1 Å². The molecule has 0 bridgehead atoms. The van der Waals surface area contributed by atoms with Gasteiger partial charge in [0.05, 0.1) is 11.3 Å². The van der Waals surface area contributed by atoms with Crippen LogP contribution in [0.15, 0.2) is 24.3 Å². The standard InChI is InChI=1S/C25H34N6/c1-18-19(2)23(8-6-22(18)27)30-13-15-31(16-14-30)25-20(3)24(7-5-21(25)17-26)29-11-9-28(4)10-12-29/h5-8H,9-16,27H2,1-4H3. The van der Waals surface area contributed by atoms with Crippen molar-refractivity contribution in [1.29, 1.82) is 5.26 Å². The second-order valence-electron chi connectivity index (χ2n) is 8.91. The Bertz CT molecular complexity index is 992. The zero-order valence-corrected chi connectivity index (χ0v) is 19.3. The largest absolute Gasteiger partial charge is 0.399 e. The monoisotopic (exact) mass is 418 g/mol. The molecule has 0 unspecified atom stereocenters. The molecule has 164 valence electrons. The van der Waals surface area contributed by atoms with Gasteiger partial charge in [-0.2, -0.15) is 5.26 Å². The summed E-state index contributed by atoms with van der Waals surface area (Å²) in [6, 6.07) is 10.8. The highest BCUT2D eigenvalue weighted by atomic mass is 15.3. The van der Waals surface area contributed by atoms with Crippen LogP contribution >= 0.6 is 0 Å². The molecule has 6 nitrogen and oxygen atoms in total. The molecule has 0 saturated carbocycles. The fraction of sp³-hybridized carbons (Fsp3) is 0.480. The zero-order chi connectivity index (χ0) is 22.1. The maximum Gasteiger partial charge on any atom is 0.101 e. The minimum absolute atomic E-state index is 0.781. The van der Waals surface area contributed by atoms with E-state index in [1.165, 1.54) is 28.1 Å². The Morgan fingerprint density at radius 3 is 1.84 bits per heavy atom. The third-order valence-electron chi connectivity index (χ3n) is 7.10. The lowest BCUT2D eigenvalue weighted by Gasteiger charge is -2.40. The van der Waals surface area contributed by atoms with E-state index in [0.29, 0.717) is 0 Å². The Morgan fingerprint density at radius 2 is 1.23 bits per heavy atom. The Labute approximate surface area is 186 Å². The molecule has 0 spiro atoms. The van der Waals surface area contributed by atoms with Crippen LogP contribution in [0.1, 0.15) is 22.3 Å².